The third-order valence-electron chi connectivity index (χ3n) is 4.94. The molecular weight excluding hydrogens is 512 g/mol. The van der Waals surface area contributed by atoms with Gasteiger partial charge in [0.25, 0.3) is 0 Å². The largest absolute Gasteiger partial charge is 0.298 e. The summed E-state index contributed by atoms with van der Waals surface area (Å²) in [6, 6.07) is 21.0. The minimum atomic E-state index is 0.0218. The first-order chi connectivity index (χ1) is 11.3. The third-order valence-corrected chi connectivity index (χ3v) is 4.94. The van der Waals surface area contributed by atoms with Crippen molar-refractivity contribution >= 4 is 43.0 Å². The van der Waals surface area contributed by atoms with Crippen molar-refractivity contribution < 1.29 is 4.79 Å². The van der Waals surface area contributed by atoms with Gasteiger partial charge in [-0.15, -0.1) is 0 Å². The Balaban J connectivity index is 0.000000753. The van der Waals surface area contributed by atoms with Crippen LogP contribution in [0.3, 0.4) is 0 Å². The molecule has 2 aliphatic rings. The minimum Gasteiger partial charge on any atom is -0.298 e. The van der Waals surface area contributed by atoms with E-state index in [9.17, 15) is 4.79 Å². The second kappa shape index (κ2) is 8.07. The number of rotatable bonds is 3. The van der Waals surface area contributed by atoms with Crippen molar-refractivity contribution in [3.8, 4) is 0 Å². The van der Waals surface area contributed by atoms with Gasteiger partial charge in [-0.3, -0.25) is 9.69 Å². The first-order valence-electron chi connectivity index (χ1n) is 7.86. The fourth-order valence-electron chi connectivity index (χ4n) is 3.95. The Morgan fingerprint density at radius 3 is 1.87 bits per heavy atom. The van der Waals surface area contributed by atoms with Gasteiger partial charge in [-0.25, -0.2) is 0 Å². The number of piperidine rings is 1. The number of carbonyl (C=O) groups is 1. The van der Waals surface area contributed by atoms with Crippen LogP contribution in [0.4, 0.5) is 0 Å². The highest BCUT2D eigenvalue weighted by Crippen LogP contribution is 2.40. The summed E-state index contributed by atoms with van der Waals surface area (Å²) in [6.45, 7) is 2.02. The van der Waals surface area contributed by atoms with Crippen LogP contribution >= 0.6 is 37.2 Å². The molecule has 4 heteroatoms. The summed E-state index contributed by atoms with van der Waals surface area (Å²) in [5, 5.41) is 0. The molecule has 0 spiro atoms. The Morgan fingerprint density at radius 1 is 0.913 bits per heavy atom. The molecule has 0 amide bonds. The van der Waals surface area contributed by atoms with E-state index in [1.807, 2.05) is 12.1 Å². The molecule has 2 heterocycles. The van der Waals surface area contributed by atoms with Crippen LogP contribution in [0.2, 0.25) is 0 Å². The van der Waals surface area contributed by atoms with Crippen molar-refractivity contribution in [3.63, 3.8) is 0 Å². The molecule has 23 heavy (non-hydrogen) atoms. The molecule has 0 aromatic heterocycles. The van der Waals surface area contributed by atoms with E-state index >= 15 is 0 Å². The summed E-state index contributed by atoms with van der Waals surface area (Å²) >= 11 is 4.24. The maximum absolute atomic E-state index is 12.7. The van der Waals surface area contributed by atoms with Gasteiger partial charge in [0, 0.05) is 55.6 Å². The molecule has 0 radical (unpaired) electrons. The van der Waals surface area contributed by atoms with Crippen LogP contribution in [-0.2, 0) is 4.79 Å². The SMILES string of the molecule is II.O=C1C2CCN(C2)C1C(c1ccccc1)c1ccccc1. The predicted molar refractivity (Wildman–Crippen MR) is 111 cm³/mol. The van der Waals surface area contributed by atoms with Crippen LogP contribution in [0.1, 0.15) is 23.5 Å². The lowest BCUT2D eigenvalue weighted by molar-refractivity contribution is -0.124. The smallest absolute Gasteiger partial charge is 0.155 e. The van der Waals surface area contributed by atoms with Gasteiger partial charge in [0.05, 0.1) is 6.04 Å². The molecule has 2 aliphatic heterocycles. The Kier molecular flexibility index (Phi) is 6.09. The Morgan fingerprint density at radius 2 is 1.43 bits per heavy atom. The van der Waals surface area contributed by atoms with Crippen LogP contribution in [0.15, 0.2) is 60.7 Å². The number of halogens is 2. The topological polar surface area (TPSA) is 20.3 Å². The Labute approximate surface area is 161 Å². The normalized spacial score (nSPS) is 25.3. The summed E-state index contributed by atoms with van der Waals surface area (Å²) < 4.78 is 0. The molecule has 2 nitrogen and oxygen atoms in total. The highest BCUT2D eigenvalue weighted by Gasteiger charge is 2.48. The highest BCUT2D eigenvalue weighted by molar-refractivity contribution is 15.0. The summed E-state index contributed by atoms with van der Waals surface area (Å²) in [7, 11) is 0. The maximum Gasteiger partial charge on any atom is 0.155 e. The monoisotopic (exact) mass is 531 g/mol. The maximum atomic E-state index is 12.7. The highest BCUT2D eigenvalue weighted by atomic mass is 128. The molecule has 3 unspecified atom stereocenters. The van der Waals surface area contributed by atoms with Gasteiger partial charge in [-0.05, 0) is 24.1 Å². The average Bonchev–Trinajstić information content (AvgIpc) is 3.22. The summed E-state index contributed by atoms with van der Waals surface area (Å²) in [6.07, 6.45) is 1.05. The van der Waals surface area contributed by atoms with E-state index < -0.39 is 0 Å². The van der Waals surface area contributed by atoms with Gasteiger partial charge in [0.1, 0.15) is 0 Å². The summed E-state index contributed by atoms with van der Waals surface area (Å²) in [5.41, 5.74) is 2.49. The number of nitrogens with zero attached hydrogens (tertiary/aromatic N) is 1. The predicted octanol–water partition coefficient (Wildman–Crippen LogP) is 4.86. The number of carbonyl (C=O) groups excluding carboxylic acids is 1. The molecule has 2 bridgehead atoms. The Hall–Kier alpha value is -0.470. The fraction of sp³-hybridized carbons (Fsp3) is 0.316. The first-order valence-corrected chi connectivity index (χ1v) is 14.1. The van der Waals surface area contributed by atoms with E-state index in [2.05, 4.69) is 90.7 Å². The molecule has 0 aliphatic carbocycles. The first kappa shape index (κ1) is 17.4. The van der Waals surface area contributed by atoms with Crippen LogP contribution < -0.4 is 0 Å². The zero-order valence-corrected chi connectivity index (χ0v) is 17.1. The third kappa shape index (κ3) is 3.49. The van der Waals surface area contributed by atoms with Crippen molar-refractivity contribution in [3.05, 3.63) is 71.8 Å². The van der Waals surface area contributed by atoms with E-state index in [1.165, 1.54) is 11.1 Å². The minimum absolute atomic E-state index is 0.0218. The Bertz CT molecular complexity index is 607. The number of hydrogen-bond donors (Lipinski definition) is 0. The standard InChI is InChI=1S/C19H19NO.I2/c21-19-16-11-12-20(13-16)18(19)17(14-7-3-1-4-8-14)15-9-5-2-6-10-15;1-2/h1-10,16-18H,11-13H2;. The lowest BCUT2D eigenvalue weighted by atomic mass is 9.80. The number of ketones is 1. The molecule has 0 N–H and O–H groups in total. The van der Waals surface area contributed by atoms with E-state index in [0.717, 1.165) is 19.5 Å². The van der Waals surface area contributed by atoms with Crippen molar-refractivity contribution in [2.75, 3.05) is 13.1 Å². The van der Waals surface area contributed by atoms with Crippen molar-refractivity contribution in [2.24, 2.45) is 5.92 Å². The fourth-order valence-corrected chi connectivity index (χ4v) is 3.95. The van der Waals surface area contributed by atoms with Gasteiger partial charge >= 0.3 is 0 Å². The molecule has 3 atom stereocenters. The van der Waals surface area contributed by atoms with Crippen LogP contribution in [-0.4, -0.2) is 29.8 Å². The molecule has 120 valence electrons. The van der Waals surface area contributed by atoms with Gasteiger partial charge in [-0.1, -0.05) is 60.7 Å². The van der Waals surface area contributed by atoms with E-state index in [0.29, 0.717) is 5.78 Å². The molecule has 2 saturated heterocycles. The van der Waals surface area contributed by atoms with Gasteiger partial charge in [0.15, 0.2) is 5.78 Å². The molecule has 4 rings (SSSR count). The number of benzene rings is 2. The number of hydrogen-bond acceptors (Lipinski definition) is 2. The number of Topliss-reactive ketones (excluding diaryl/α,β-unsaturated/α-hetero) is 1. The quantitative estimate of drug-likeness (QED) is 0.528. The van der Waals surface area contributed by atoms with Crippen molar-refractivity contribution in [1.82, 2.24) is 4.90 Å². The van der Waals surface area contributed by atoms with Gasteiger partial charge in [0.2, 0.25) is 0 Å². The zero-order chi connectivity index (χ0) is 16.2. The van der Waals surface area contributed by atoms with Gasteiger partial charge in [-0.2, -0.15) is 0 Å². The lowest BCUT2D eigenvalue weighted by Crippen LogP contribution is -2.41. The molecule has 0 saturated carbocycles. The van der Waals surface area contributed by atoms with E-state index in [-0.39, 0.29) is 17.9 Å². The summed E-state index contributed by atoms with van der Waals surface area (Å²) in [4.78, 5) is 15.1. The van der Waals surface area contributed by atoms with Crippen LogP contribution in [0.5, 0.6) is 0 Å². The zero-order valence-electron chi connectivity index (χ0n) is 12.7. The van der Waals surface area contributed by atoms with Gasteiger partial charge < -0.3 is 0 Å². The van der Waals surface area contributed by atoms with Crippen molar-refractivity contribution in [2.45, 2.75) is 18.4 Å². The second-order valence-electron chi connectivity index (χ2n) is 6.13. The van der Waals surface area contributed by atoms with Crippen LogP contribution in [0.25, 0.3) is 0 Å². The van der Waals surface area contributed by atoms with E-state index in [1.54, 1.807) is 0 Å². The van der Waals surface area contributed by atoms with Crippen molar-refractivity contribution in [1.29, 1.82) is 0 Å². The van der Waals surface area contributed by atoms with Crippen LogP contribution in [0, 0.1) is 5.92 Å². The molecule has 2 aromatic rings. The van der Waals surface area contributed by atoms with E-state index in [4.69, 9.17) is 0 Å². The molecule has 2 fully saturated rings. The average molecular weight is 531 g/mol. The molecular formula is C19H19I2NO. The summed E-state index contributed by atoms with van der Waals surface area (Å²) in [5.74, 6) is 0.870. The molecule has 2 aromatic carbocycles. The lowest BCUT2D eigenvalue weighted by Gasteiger charge is -2.32. The second-order valence-corrected chi connectivity index (χ2v) is 6.13. The number of fused-ring (bicyclic) bond motifs is 2.